The van der Waals surface area contributed by atoms with Gasteiger partial charge in [-0.3, -0.25) is 0 Å². The molecule has 7 heteroatoms. The molecule has 0 saturated carbocycles. The molecule has 0 radical (unpaired) electrons. The summed E-state index contributed by atoms with van der Waals surface area (Å²) in [4.78, 5) is 0. The number of hydrogen-bond acceptors (Lipinski definition) is 4. The number of nitrogen functional groups attached to an aromatic ring is 1. The minimum Gasteiger partial charge on any atom is -0.396 e. The van der Waals surface area contributed by atoms with Gasteiger partial charge in [-0.15, -0.1) is 5.10 Å². The molecule has 0 fully saturated rings. The quantitative estimate of drug-likeness (QED) is 0.723. The highest BCUT2D eigenvalue weighted by molar-refractivity contribution is 9.10. The van der Waals surface area contributed by atoms with Crippen LogP contribution in [0, 0.1) is 12.7 Å². The van der Waals surface area contributed by atoms with Gasteiger partial charge in [-0.2, -0.15) is 4.68 Å². The van der Waals surface area contributed by atoms with E-state index in [2.05, 4.69) is 31.5 Å². The molecule has 1 heterocycles. The summed E-state index contributed by atoms with van der Waals surface area (Å²) in [7, 11) is 0. The minimum atomic E-state index is -0.493. The zero-order chi connectivity index (χ0) is 15.0. The summed E-state index contributed by atoms with van der Waals surface area (Å²) in [5, 5.41) is 11.7. The molecule has 106 valence electrons. The highest BCUT2D eigenvalue weighted by Crippen LogP contribution is 2.26. The van der Waals surface area contributed by atoms with Crippen molar-refractivity contribution in [2.75, 3.05) is 5.73 Å². The molecule has 0 aliphatic heterocycles. The van der Waals surface area contributed by atoms with Crippen LogP contribution in [0.2, 0.25) is 0 Å². The van der Waals surface area contributed by atoms with Gasteiger partial charge in [-0.25, -0.2) is 4.39 Å². The molecule has 2 aromatic carbocycles. The Kier molecular flexibility index (Phi) is 3.42. The number of halogens is 2. The molecule has 5 nitrogen and oxygen atoms in total. The van der Waals surface area contributed by atoms with Crippen LogP contribution in [-0.4, -0.2) is 20.2 Å². The van der Waals surface area contributed by atoms with Crippen molar-refractivity contribution in [1.82, 2.24) is 20.2 Å². The zero-order valence-electron chi connectivity index (χ0n) is 11.1. The molecule has 21 heavy (non-hydrogen) atoms. The van der Waals surface area contributed by atoms with E-state index in [1.165, 1.54) is 12.1 Å². The maximum absolute atomic E-state index is 13.6. The smallest absolute Gasteiger partial charge is 0.187 e. The van der Waals surface area contributed by atoms with E-state index in [4.69, 9.17) is 5.73 Å². The van der Waals surface area contributed by atoms with Crippen LogP contribution in [0.15, 0.2) is 40.9 Å². The number of anilines is 1. The number of benzene rings is 2. The minimum absolute atomic E-state index is 0.0939. The van der Waals surface area contributed by atoms with E-state index in [9.17, 15) is 4.39 Å². The summed E-state index contributed by atoms with van der Waals surface area (Å²) < 4.78 is 16.2. The first-order valence-corrected chi connectivity index (χ1v) is 6.96. The standard InChI is InChI=1S/C14H11BrFN5/c1-8-10(15)3-2-4-13(8)21-14(18-19-20-21)9-5-6-12(17)11(16)7-9/h2-7H,17H2,1H3. The maximum atomic E-state index is 13.6. The Bertz CT molecular complexity index is 815. The lowest BCUT2D eigenvalue weighted by molar-refractivity contribution is 0.632. The molecule has 2 N–H and O–H groups in total. The fourth-order valence-corrected chi connectivity index (χ4v) is 2.38. The molecule has 0 amide bonds. The Labute approximate surface area is 128 Å². The monoisotopic (exact) mass is 347 g/mol. The fraction of sp³-hybridized carbons (Fsp3) is 0.0714. The third-order valence-corrected chi connectivity index (χ3v) is 4.05. The molecule has 0 aliphatic rings. The Balaban J connectivity index is 2.17. The average Bonchev–Trinajstić information content (AvgIpc) is 2.94. The van der Waals surface area contributed by atoms with E-state index >= 15 is 0 Å². The Morgan fingerprint density at radius 3 is 2.81 bits per heavy atom. The SMILES string of the molecule is Cc1c(Br)cccc1-n1nnnc1-c1ccc(N)c(F)c1. The van der Waals surface area contributed by atoms with Gasteiger partial charge in [0.05, 0.1) is 11.4 Å². The number of hydrogen-bond donors (Lipinski definition) is 1. The Morgan fingerprint density at radius 1 is 1.24 bits per heavy atom. The van der Waals surface area contributed by atoms with Gasteiger partial charge < -0.3 is 5.73 Å². The lowest BCUT2D eigenvalue weighted by Crippen LogP contribution is -2.03. The Hall–Kier alpha value is -2.28. The van der Waals surface area contributed by atoms with Gasteiger partial charge in [0.1, 0.15) is 5.82 Å². The molecule has 0 bridgehead atoms. The third-order valence-electron chi connectivity index (χ3n) is 3.20. The summed E-state index contributed by atoms with van der Waals surface area (Å²) in [6, 6.07) is 10.2. The summed E-state index contributed by atoms with van der Waals surface area (Å²) in [5.41, 5.74) is 7.96. The van der Waals surface area contributed by atoms with Crippen LogP contribution >= 0.6 is 15.9 Å². The number of tetrazole rings is 1. The number of rotatable bonds is 2. The van der Waals surface area contributed by atoms with E-state index in [1.807, 2.05) is 25.1 Å². The van der Waals surface area contributed by atoms with Gasteiger partial charge in [-0.05, 0) is 53.2 Å². The van der Waals surface area contributed by atoms with E-state index < -0.39 is 5.82 Å². The third kappa shape index (κ3) is 2.40. The first-order valence-electron chi connectivity index (χ1n) is 6.17. The van der Waals surface area contributed by atoms with E-state index in [-0.39, 0.29) is 5.69 Å². The molecular formula is C14H11BrFN5. The van der Waals surface area contributed by atoms with Crippen molar-refractivity contribution in [2.24, 2.45) is 0 Å². The van der Waals surface area contributed by atoms with Crippen molar-refractivity contribution in [1.29, 1.82) is 0 Å². The van der Waals surface area contributed by atoms with Gasteiger partial charge in [0.2, 0.25) is 0 Å². The van der Waals surface area contributed by atoms with Crippen LogP contribution in [-0.2, 0) is 0 Å². The normalized spacial score (nSPS) is 10.8. The van der Waals surface area contributed by atoms with Crippen LogP contribution in [0.4, 0.5) is 10.1 Å². The fourth-order valence-electron chi connectivity index (χ4n) is 2.02. The summed E-state index contributed by atoms with van der Waals surface area (Å²) in [6.45, 7) is 1.95. The van der Waals surface area contributed by atoms with Crippen LogP contribution in [0.25, 0.3) is 17.1 Å². The molecule has 0 aliphatic carbocycles. The number of aromatic nitrogens is 4. The first-order chi connectivity index (χ1) is 10.1. The van der Waals surface area contributed by atoms with Crippen molar-refractivity contribution in [3.05, 3.63) is 52.3 Å². The second kappa shape index (κ2) is 5.25. The Morgan fingerprint density at radius 2 is 2.05 bits per heavy atom. The van der Waals surface area contributed by atoms with E-state index in [0.29, 0.717) is 11.4 Å². The second-order valence-electron chi connectivity index (χ2n) is 4.53. The van der Waals surface area contributed by atoms with Crippen LogP contribution < -0.4 is 5.73 Å². The molecule has 0 spiro atoms. The van der Waals surface area contributed by atoms with Crippen LogP contribution in [0.1, 0.15) is 5.56 Å². The van der Waals surface area contributed by atoms with Gasteiger partial charge in [0.25, 0.3) is 0 Å². The van der Waals surface area contributed by atoms with Gasteiger partial charge >= 0.3 is 0 Å². The zero-order valence-corrected chi connectivity index (χ0v) is 12.7. The first kappa shape index (κ1) is 13.7. The molecule has 0 unspecified atom stereocenters. The highest BCUT2D eigenvalue weighted by Gasteiger charge is 2.14. The number of nitrogens with zero attached hydrogens (tertiary/aromatic N) is 4. The predicted octanol–water partition coefficient (Wildman–Crippen LogP) is 3.12. The van der Waals surface area contributed by atoms with Crippen molar-refractivity contribution in [2.45, 2.75) is 6.92 Å². The highest BCUT2D eigenvalue weighted by atomic mass is 79.9. The summed E-state index contributed by atoms with van der Waals surface area (Å²) >= 11 is 3.48. The maximum Gasteiger partial charge on any atom is 0.187 e. The molecule has 0 saturated heterocycles. The topological polar surface area (TPSA) is 69.6 Å². The molecule has 0 atom stereocenters. The van der Waals surface area contributed by atoms with Gasteiger partial charge in [-0.1, -0.05) is 22.0 Å². The largest absolute Gasteiger partial charge is 0.396 e. The van der Waals surface area contributed by atoms with Crippen molar-refractivity contribution >= 4 is 21.6 Å². The molecule has 3 rings (SSSR count). The molecular weight excluding hydrogens is 337 g/mol. The van der Waals surface area contributed by atoms with Crippen molar-refractivity contribution in [3.8, 4) is 17.1 Å². The molecule has 3 aromatic rings. The number of nitrogens with two attached hydrogens (primary N) is 1. The lowest BCUT2D eigenvalue weighted by atomic mass is 10.1. The predicted molar refractivity (Wildman–Crippen MR) is 81.4 cm³/mol. The lowest BCUT2D eigenvalue weighted by Gasteiger charge is -2.09. The van der Waals surface area contributed by atoms with Crippen molar-refractivity contribution < 1.29 is 4.39 Å². The van der Waals surface area contributed by atoms with Gasteiger partial charge in [0, 0.05) is 10.0 Å². The van der Waals surface area contributed by atoms with Gasteiger partial charge in [0.15, 0.2) is 5.82 Å². The summed E-state index contributed by atoms with van der Waals surface area (Å²) in [6.07, 6.45) is 0. The second-order valence-corrected chi connectivity index (χ2v) is 5.39. The van der Waals surface area contributed by atoms with Crippen LogP contribution in [0.5, 0.6) is 0 Å². The van der Waals surface area contributed by atoms with E-state index in [1.54, 1.807) is 10.7 Å². The average molecular weight is 348 g/mol. The van der Waals surface area contributed by atoms with E-state index in [0.717, 1.165) is 15.7 Å². The molecule has 1 aromatic heterocycles. The van der Waals surface area contributed by atoms with Crippen LogP contribution in [0.3, 0.4) is 0 Å². The van der Waals surface area contributed by atoms with Crippen molar-refractivity contribution in [3.63, 3.8) is 0 Å². The summed E-state index contributed by atoms with van der Waals surface area (Å²) in [5.74, 6) is -0.0388.